The minimum atomic E-state index is -1.02. The summed E-state index contributed by atoms with van der Waals surface area (Å²) in [6.45, 7) is -0.795. The van der Waals surface area contributed by atoms with Crippen molar-refractivity contribution in [3.05, 3.63) is 0 Å². The predicted octanol–water partition coefficient (Wildman–Crippen LogP) is -1.02. The Morgan fingerprint density at radius 3 is 2.50 bits per heavy atom. The third-order valence-electron chi connectivity index (χ3n) is 0.249. The third kappa shape index (κ3) is 1.66. The van der Waals surface area contributed by atoms with Crippen LogP contribution in [0.1, 0.15) is 0 Å². The van der Waals surface area contributed by atoms with Gasteiger partial charge < -0.3 is 5.11 Å². The van der Waals surface area contributed by atoms with Gasteiger partial charge in [0.25, 0.3) is 5.91 Å². The summed E-state index contributed by atoms with van der Waals surface area (Å²) in [6, 6.07) is 0. The molecule has 0 aliphatic heterocycles. The first-order valence-corrected chi connectivity index (χ1v) is 1.31. The van der Waals surface area contributed by atoms with E-state index < -0.39 is 12.5 Å². The van der Waals surface area contributed by atoms with Gasteiger partial charge in [-0.05, 0) is 0 Å². The van der Waals surface area contributed by atoms with Gasteiger partial charge in [0.15, 0.2) is 0 Å². The Morgan fingerprint density at radius 2 is 2.50 bits per heavy atom. The van der Waals surface area contributed by atoms with E-state index in [0.717, 1.165) is 5.54 Å². The Kier molecular flexibility index (Phi) is 2.31. The van der Waals surface area contributed by atoms with Crippen LogP contribution in [0, 0.1) is 0 Å². The maximum absolute atomic E-state index is 10.6. The Balaban J connectivity index is 2.99. The molecule has 0 unspecified atom stereocenters. The van der Waals surface area contributed by atoms with Crippen LogP contribution in [0.4, 0.5) is 4.48 Å². The molecule has 0 aliphatic carbocycles. The smallest absolute Gasteiger partial charge is 0.273 e. The largest absolute Gasteiger partial charge is 0.386 e. The van der Waals surface area contributed by atoms with E-state index in [1.807, 2.05) is 0 Å². The first-order valence-electron chi connectivity index (χ1n) is 1.31. The highest BCUT2D eigenvalue weighted by Gasteiger charge is 1.89. The summed E-state index contributed by atoms with van der Waals surface area (Å²) in [4.78, 5) is 9.44. The van der Waals surface area contributed by atoms with Crippen molar-refractivity contribution in [3.8, 4) is 0 Å². The van der Waals surface area contributed by atoms with E-state index in [0.29, 0.717) is 0 Å². The van der Waals surface area contributed by atoms with Gasteiger partial charge in [-0.2, -0.15) is 5.54 Å². The zero-order valence-corrected chi connectivity index (χ0v) is 2.94. The number of carbonyl (C=O) groups is 1. The molecule has 6 heavy (non-hydrogen) atoms. The van der Waals surface area contributed by atoms with Crippen molar-refractivity contribution in [2.45, 2.75) is 0 Å². The summed E-state index contributed by atoms with van der Waals surface area (Å²) in [6.07, 6.45) is 0. The van der Waals surface area contributed by atoms with Crippen molar-refractivity contribution in [2.24, 2.45) is 0 Å². The van der Waals surface area contributed by atoms with Crippen molar-refractivity contribution in [1.82, 2.24) is 5.54 Å². The maximum atomic E-state index is 10.6. The van der Waals surface area contributed by atoms with Crippen molar-refractivity contribution >= 4 is 5.91 Å². The summed E-state index contributed by atoms with van der Waals surface area (Å²) < 4.78 is 10.6. The Hall–Kier alpha value is -0.640. The minimum absolute atomic E-state index is 0.726. The molecule has 0 atom stereocenters. The number of rotatable bonds is 1. The van der Waals surface area contributed by atoms with Crippen LogP contribution in [0.25, 0.3) is 0 Å². The molecular formula is C2H4FNO2. The van der Waals surface area contributed by atoms with Crippen LogP contribution in [0.15, 0.2) is 0 Å². The van der Waals surface area contributed by atoms with Gasteiger partial charge in [0.1, 0.15) is 6.61 Å². The zero-order valence-electron chi connectivity index (χ0n) is 2.94. The monoisotopic (exact) mass is 93.0 g/mol. The molecule has 0 aromatic rings. The molecule has 0 spiro atoms. The standard InChI is InChI=1S/C2H4FNO2/c3-4-2(6)1-5/h5H,1H2,(H,4,6). The first-order chi connectivity index (χ1) is 2.81. The molecular weight excluding hydrogens is 89.0 g/mol. The number of nitrogens with one attached hydrogen (secondary N) is 1. The van der Waals surface area contributed by atoms with Crippen LogP contribution < -0.4 is 5.54 Å². The summed E-state index contributed by atoms with van der Waals surface area (Å²) in [5, 5.41) is 7.68. The Morgan fingerprint density at radius 1 is 2.00 bits per heavy atom. The van der Waals surface area contributed by atoms with Crippen LogP contribution in [-0.4, -0.2) is 17.6 Å². The number of hydrogen-bond acceptors (Lipinski definition) is 2. The highest BCUT2D eigenvalue weighted by Crippen LogP contribution is 1.56. The van der Waals surface area contributed by atoms with Crippen molar-refractivity contribution in [3.63, 3.8) is 0 Å². The lowest BCUT2D eigenvalue weighted by Gasteiger charge is -1.81. The normalized spacial score (nSPS) is 7.67. The minimum Gasteiger partial charge on any atom is -0.386 e. The summed E-state index contributed by atoms with van der Waals surface area (Å²) in [5.41, 5.74) is 0.726. The number of amides is 1. The van der Waals surface area contributed by atoms with Crippen molar-refractivity contribution in [2.75, 3.05) is 6.61 Å². The maximum Gasteiger partial charge on any atom is 0.273 e. The number of aliphatic hydroxyl groups is 1. The highest BCUT2D eigenvalue weighted by atomic mass is 19.2. The van der Waals surface area contributed by atoms with E-state index in [1.54, 1.807) is 0 Å². The Labute approximate surface area is 33.7 Å². The lowest BCUT2D eigenvalue weighted by Crippen LogP contribution is -2.16. The number of halogens is 1. The van der Waals surface area contributed by atoms with Gasteiger partial charge in [0, 0.05) is 0 Å². The van der Waals surface area contributed by atoms with Gasteiger partial charge in [-0.25, -0.2) is 0 Å². The summed E-state index contributed by atoms with van der Waals surface area (Å²) >= 11 is 0. The van der Waals surface area contributed by atoms with E-state index in [4.69, 9.17) is 5.11 Å². The third-order valence-corrected chi connectivity index (χ3v) is 0.249. The second-order valence-electron chi connectivity index (χ2n) is 0.676. The lowest BCUT2D eigenvalue weighted by molar-refractivity contribution is -0.128. The fraction of sp³-hybridized carbons (Fsp3) is 0.500. The molecule has 0 saturated heterocycles. The summed E-state index contributed by atoms with van der Waals surface area (Å²) in [5.74, 6) is -1.02. The fourth-order valence-corrected chi connectivity index (χ4v) is 0.0299. The van der Waals surface area contributed by atoms with Gasteiger partial charge in [0.2, 0.25) is 0 Å². The van der Waals surface area contributed by atoms with Gasteiger partial charge in [-0.3, -0.25) is 4.79 Å². The highest BCUT2D eigenvalue weighted by molar-refractivity contribution is 5.75. The SMILES string of the molecule is O=C(CO)NF. The van der Waals surface area contributed by atoms with Crippen LogP contribution in [0.3, 0.4) is 0 Å². The second kappa shape index (κ2) is 2.59. The molecule has 0 saturated carbocycles. The van der Waals surface area contributed by atoms with E-state index >= 15 is 0 Å². The molecule has 0 fully saturated rings. The molecule has 0 aromatic carbocycles. The molecule has 0 heterocycles. The van der Waals surface area contributed by atoms with Crippen LogP contribution >= 0.6 is 0 Å². The van der Waals surface area contributed by atoms with E-state index in [2.05, 4.69) is 0 Å². The van der Waals surface area contributed by atoms with Crippen LogP contribution in [0.2, 0.25) is 0 Å². The molecule has 3 nitrogen and oxygen atoms in total. The van der Waals surface area contributed by atoms with Crippen molar-refractivity contribution < 1.29 is 14.4 Å². The number of hydrogen-bond donors (Lipinski definition) is 2. The van der Waals surface area contributed by atoms with E-state index in [-0.39, 0.29) is 0 Å². The van der Waals surface area contributed by atoms with Gasteiger partial charge in [-0.1, -0.05) is 0 Å². The quantitative estimate of drug-likeness (QED) is 0.407. The molecule has 36 valence electrons. The number of carbonyl (C=O) groups excluding carboxylic acids is 1. The van der Waals surface area contributed by atoms with Gasteiger partial charge in [-0.15, -0.1) is 4.48 Å². The van der Waals surface area contributed by atoms with Crippen LogP contribution in [0.5, 0.6) is 0 Å². The van der Waals surface area contributed by atoms with Crippen molar-refractivity contribution in [1.29, 1.82) is 0 Å². The molecule has 0 aliphatic rings. The zero-order chi connectivity index (χ0) is 4.99. The summed E-state index contributed by atoms with van der Waals surface area (Å²) in [7, 11) is 0. The van der Waals surface area contributed by atoms with Crippen LogP contribution in [-0.2, 0) is 4.79 Å². The average Bonchev–Trinajstić information content (AvgIpc) is 1.65. The fourth-order valence-electron chi connectivity index (χ4n) is 0.0299. The molecule has 2 N–H and O–H groups in total. The second-order valence-corrected chi connectivity index (χ2v) is 0.676. The molecule has 1 amide bonds. The number of aliphatic hydroxyl groups excluding tert-OH is 1. The van der Waals surface area contributed by atoms with E-state index in [9.17, 15) is 9.28 Å². The Bertz CT molecular complexity index is 49.5. The topological polar surface area (TPSA) is 49.3 Å². The average molecular weight is 93.1 g/mol. The molecule has 4 heteroatoms. The molecule has 0 aromatic heterocycles. The molecule has 0 rings (SSSR count). The lowest BCUT2D eigenvalue weighted by atomic mass is 10.7. The molecule has 0 radical (unpaired) electrons. The van der Waals surface area contributed by atoms with E-state index in [1.165, 1.54) is 0 Å². The predicted molar refractivity (Wildman–Crippen MR) is 16.3 cm³/mol. The van der Waals surface area contributed by atoms with Gasteiger partial charge >= 0.3 is 0 Å². The molecule has 0 bridgehead atoms. The van der Waals surface area contributed by atoms with Gasteiger partial charge in [0.05, 0.1) is 0 Å². The first kappa shape index (κ1) is 5.36.